The maximum Gasteiger partial charge on any atom is 0.301 e. The number of fused-ring (bicyclic) bond motifs is 2. The third-order valence-corrected chi connectivity index (χ3v) is 8.73. The highest BCUT2D eigenvalue weighted by Gasteiger charge is 2.48. The SMILES string of the molecule is C[Si](C)(C)CCOCn1c(OC2COC3C(O)COC23)nc2cc(Cl)c(-c3ccc(Br)cc3)nc21. The van der Waals surface area contributed by atoms with E-state index in [4.69, 9.17) is 35.5 Å². The standard InChI is InChI=1S/C24H29BrClN3O5Si/c1-35(2,3)9-8-31-13-29-23-17(10-16(26)20(28-23)14-4-6-15(25)7-5-14)27-24(29)34-19-12-33-21-18(30)11-32-22(19)21/h4-7,10,18-19,21-22,30H,8-9,11-13H2,1-3H3. The van der Waals surface area contributed by atoms with Crippen LogP contribution in [0, 0.1) is 0 Å². The monoisotopic (exact) mass is 581 g/mol. The first kappa shape index (κ1) is 25.1. The van der Waals surface area contributed by atoms with Gasteiger partial charge in [0.25, 0.3) is 0 Å². The van der Waals surface area contributed by atoms with E-state index in [2.05, 4.69) is 40.6 Å². The second kappa shape index (κ2) is 10.1. The molecule has 2 aromatic heterocycles. The Morgan fingerprint density at radius 2 is 1.89 bits per heavy atom. The molecule has 1 N–H and O–H groups in total. The molecule has 2 aliphatic heterocycles. The van der Waals surface area contributed by atoms with Gasteiger partial charge in [0.1, 0.15) is 30.6 Å². The molecule has 4 heterocycles. The van der Waals surface area contributed by atoms with Crippen molar-refractivity contribution in [2.24, 2.45) is 0 Å². The van der Waals surface area contributed by atoms with Gasteiger partial charge in [0.15, 0.2) is 11.8 Å². The molecule has 188 valence electrons. The molecule has 0 amide bonds. The molecule has 3 aromatic rings. The molecule has 35 heavy (non-hydrogen) atoms. The molecule has 0 radical (unpaired) electrons. The molecular formula is C24H29BrClN3O5Si. The van der Waals surface area contributed by atoms with Gasteiger partial charge in [-0.25, -0.2) is 4.98 Å². The van der Waals surface area contributed by atoms with E-state index < -0.39 is 20.3 Å². The van der Waals surface area contributed by atoms with Gasteiger partial charge in [0, 0.05) is 24.7 Å². The van der Waals surface area contributed by atoms with Gasteiger partial charge >= 0.3 is 6.01 Å². The Labute approximate surface area is 218 Å². The van der Waals surface area contributed by atoms with Crippen LogP contribution >= 0.6 is 27.5 Å². The molecule has 4 atom stereocenters. The van der Waals surface area contributed by atoms with Crippen molar-refractivity contribution in [1.29, 1.82) is 0 Å². The maximum absolute atomic E-state index is 10.1. The Bertz CT molecular complexity index is 1200. The van der Waals surface area contributed by atoms with E-state index in [-0.39, 0.29) is 25.5 Å². The van der Waals surface area contributed by atoms with Crippen LogP contribution in [0.4, 0.5) is 0 Å². The summed E-state index contributed by atoms with van der Waals surface area (Å²) in [6.07, 6.45) is -1.77. The predicted molar refractivity (Wildman–Crippen MR) is 140 cm³/mol. The zero-order valence-electron chi connectivity index (χ0n) is 19.9. The van der Waals surface area contributed by atoms with Gasteiger partial charge in [-0.05, 0) is 24.2 Å². The number of hydrogen-bond acceptors (Lipinski definition) is 7. The molecule has 5 rings (SSSR count). The average Bonchev–Trinajstić information content (AvgIpc) is 3.46. The molecule has 2 aliphatic rings. The molecule has 0 bridgehead atoms. The van der Waals surface area contributed by atoms with E-state index in [0.717, 1.165) is 16.1 Å². The van der Waals surface area contributed by atoms with Crippen LogP contribution in [0.25, 0.3) is 22.4 Å². The number of aliphatic hydroxyl groups excluding tert-OH is 1. The minimum absolute atomic E-state index is 0.235. The molecule has 0 aliphatic carbocycles. The number of nitrogens with zero attached hydrogens (tertiary/aromatic N) is 3. The first-order chi connectivity index (χ1) is 16.7. The van der Waals surface area contributed by atoms with Crippen molar-refractivity contribution < 1.29 is 24.1 Å². The van der Waals surface area contributed by atoms with Gasteiger partial charge in [-0.1, -0.05) is 59.3 Å². The van der Waals surface area contributed by atoms with Crippen molar-refractivity contribution in [1.82, 2.24) is 14.5 Å². The van der Waals surface area contributed by atoms with Gasteiger partial charge in [-0.2, -0.15) is 4.98 Å². The molecular weight excluding hydrogens is 554 g/mol. The van der Waals surface area contributed by atoms with E-state index >= 15 is 0 Å². The number of aromatic nitrogens is 3. The van der Waals surface area contributed by atoms with Crippen molar-refractivity contribution in [2.45, 2.75) is 56.8 Å². The Kier molecular flexibility index (Phi) is 7.24. The summed E-state index contributed by atoms with van der Waals surface area (Å²) in [6, 6.07) is 11.0. The van der Waals surface area contributed by atoms with Gasteiger partial charge in [-0.15, -0.1) is 0 Å². The highest BCUT2D eigenvalue weighted by Crippen LogP contribution is 2.34. The minimum Gasteiger partial charge on any atom is -0.456 e. The van der Waals surface area contributed by atoms with Gasteiger partial charge < -0.3 is 24.1 Å². The molecule has 0 spiro atoms. The minimum atomic E-state index is -1.24. The number of hydrogen-bond donors (Lipinski definition) is 1. The summed E-state index contributed by atoms with van der Waals surface area (Å²) in [7, 11) is -1.24. The zero-order chi connectivity index (χ0) is 24.7. The van der Waals surface area contributed by atoms with Gasteiger partial charge in [0.2, 0.25) is 0 Å². The average molecular weight is 583 g/mol. The van der Waals surface area contributed by atoms with Crippen LogP contribution in [0.3, 0.4) is 0 Å². The second-order valence-electron chi connectivity index (χ2n) is 10.2. The molecule has 8 nitrogen and oxygen atoms in total. The molecule has 1 aromatic carbocycles. The number of pyridine rings is 1. The van der Waals surface area contributed by atoms with E-state index in [1.807, 2.05) is 28.8 Å². The summed E-state index contributed by atoms with van der Waals surface area (Å²) >= 11 is 10.1. The normalized spacial score (nSPS) is 24.3. The fraction of sp³-hybridized carbons (Fsp3) is 0.500. The lowest BCUT2D eigenvalue weighted by Gasteiger charge is -2.19. The Morgan fingerprint density at radius 3 is 2.63 bits per heavy atom. The fourth-order valence-electron chi connectivity index (χ4n) is 4.24. The van der Waals surface area contributed by atoms with Crippen LogP contribution in [-0.4, -0.2) is 72.0 Å². The van der Waals surface area contributed by atoms with Crippen molar-refractivity contribution in [3.05, 3.63) is 39.8 Å². The van der Waals surface area contributed by atoms with E-state index in [9.17, 15) is 5.11 Å². The van der Waals surface area contributed by atoms with Crippen LogP contribution in [0.1, 0.15) is 0 Å². The van der Waals surface area contributed by atoms with Crippen LogP contribution in [0.5, 0.6) is 6.01 Å². The third kappa shape index (κ3) is 5.43. The van der Waals surface area contributed by atoms with Crippen molar-refractivity contribution in [2.75, 3.05) is 19.8 Å². The van der Waals surface area contributed by atoms with Gasteiger partial charge in [0.05, 0.1) is 23.9 Å². The first-order valence-electron chi connectivity index (χ1n) is 11.7. The lowest BCUT2D eigenvalue weighted by atomic mass is 10.1. The van der Waals surface area contributed by atoms with Gasteiger partial charge in [-0.3, -0.25) is 4.57 Å². The summed E-state index contributed by atoms with van der Waals surface area (Å²) in [5, 5.41) is 10.6. The summed E-state index contributed by atoms with van der Waals surface area (Å²) in [5.74, 6) is 0. The van der Waals surface area contributed by atoms with Crippen molar-refractivity contribution in [3.8, 4) is 17.3 Å². The second-order valence-corrected chi connectivity index (χ2v) is 17.1. The van der Waals surface area contributed by atoms with E-state index in [1.54, 1.807) is 6.07 Å². The number of imidazole rings is 1. The molecule has 11 heteroatoms. The number of benzene rings is 1. The molecule has 2 fully saturated rings. The quantitative estimate of drug-likeness (QED) is 0.303. The predicted octanol–water partition coefficient (Wildman–Crippen LogP) is 4.73. The lowest BCUT2D eigenvalue weighted by Crippen LogP contribution is -2.35. The summed E-state index contributed by atoms with van der Waals surface area (Å²) in [6.45, 7) is 8.39. The van der Waals surface area contributed by atoms with Crippen LogP contribution in [0.15, 0.2) is 34.8 Å². The summed E-state index contributed by atoms with van der Waals surface area (Å²) in [4.78, 5) is 9.56. The van der Waals surface area contributed by atoms with Crippen molar-refractivity contribution >= 4 is 46.8 Å². The highest BCUT2D eigenvalue weighted by atomic mass is 79.9. The molecule has 4 unspecified atom stereocenters. The van der Waals surface area contributed by atoms with E-state index in [0.29, 0.717) is 41.1 Å². The van der Waals surface area contributed by atoms with Crippen LogP contribution in [-0.2, 0) is 20.9 Å². The number of halogens is 2. The largest absolute Gasteiger partial charge is 0.456 e. The fourth-order valence-corrected chi connectivity index (χ4v) is 5.51. The first-order valence-corrected chi connectivity index (χ1v) is 16.6. The zero-order valence-corrected chi connectivity index (χ0v) is 23.3. The summed E-state index contributed by atoms with van der Waals surface area (Å²) < 4.78 is 26.6. The third-order valence-electron chi connectivity index (χ3n) is 6.21. The number of aliphatic hydroxyl groups is 1. The number of rotatable bonds is 8. The van der Waals surface area contributed by atoms with Crippen LogP contribution in [0.2, 0.25) is 30.7 Å². The highest BCUT2D eigenvalue weighted by molar-refractivity contribution is 9.10. The van der Waals surface area contributed by atoms with Crippen molar-refractivity contribution in [3.63, 3.8) is 0 Å². The Hall–Kier alpha value is -1.53. The molecule has 2 saturated heterocycles. The molecule has 0 saturated carbocycles. The van der Waals surface area contributed by atoms with E-state index in [1.165, 1.54) is 0 Å². The van der Waals surface area contributed by atoms with Crippen LogP contribution < -0.4 is 4.74 Å². The Balaban J connectivity index is 1.47. The Morgan fingerprint density at radius 1 is 1.14 bits per heavy atom. The lowest BCUT2D eigenvalue weighted by molar-refractivity contribution is 0.00336. The number of ether oxygens (including phenoxy) is 4. The maximum atomic E-state index is 10.1. The summed E-state index contributed by atoms with van der Waals surface area (Å²) in [5.41, 5.74) is 2.80. The topological polar surface area (TPSA) is 87.9 Å². The smallest absolute Gasteiger partial charge is 0.301 e.